The molecule has 1 saturated carbocycles. The lowest BCUT2D eigenvalue weighted by Crippen LogP contribution is -2.40. The molecule has 0 bridgehead atoms. The summed E-state index contributed by atoms with van der Waals surface area (Å²) in [6.45, 7) is 2.30. The summed E-state index contributed by atoms with van der Waals surface area (Å²) in [6, 6.07) is 8.32. The van der Waals surface area contributed by atoms with Gasteiger partial charge in [-0.3, -0.25) is 4.79 Å². The molecule has 2 N–H and O–H groups in total. The van der Waals surface area contributed by atoms with E-state index in [4.69, 9.17) is 12.2 Å². The number of nitrogens with zero attached hydrogens (tertiary/aromatic N) is 1. The third kappa shape index (κ3) is 4.21. The van der Waals surface area contributed by atoms with Crippen LogP contribution in [0.15, 0.2) is 24.3 Å². The SMILES string of the molecule is Cc1ccccc1NC(=S)N(C)CC(=O)NC1CC1. The van der Waals surface area contributed by atoms with Crippen LogP contribution in [0, 0.1) is 6.92 Å². The minimum Gasteiger partial charge on any atom is -0.352 e. The second-order valence-electron chi connectivity index (χ2n) is 4.94. The highest BCUT2D eigenvalue weighted by Crippen LogP contribution is 2.18. The number of likely N-dealkylation sites (N-methyl/N-ethyl adjacent to an activating group) is 1. The predicted octanol–water partition coefficient (Wildman–Crippen LogP) is 1.90. The van der Waals surface area contributed by atoms with E-state index in [9.17, 15) is 4.79 Å². The molecule has 0 radical (unpaired) electrons. The van der Waals surface area contributed by atoms with E-state index in [-0.39, 0.29) is 12.5 Å². The van der Waals surface area contributed by atoms with Gasteiger partial charge in [-0.25, -0.2) is 0 Å². The van der Waals surface area contributed by atoms with Crippen LogP contribution in [0.4, 0.5) is 5.69 Å². The van der Waals surface area contributed by atoms with Crippen molar-refractivity contribution in [3.63, 3.8) is 0 Å². The molecule has 1 aliphatic carbocycles. The van der Waals surface area contributed by atoms with Crippen molar-refractivity contribution < 1.29 is 4.79 Å². The normalized spacial score (nSPS) is 13.8. The van der Waals surface area contributed by atoms with Crippen LogP contribution >= 0.6 is 12.2 Å². The van der Waals surface area contributed by atoms with Crippen LogP contribution in [0.3, 0.4) is 0 Å². The molecule has 1 aromatic carbocycles. The van der Waals surface area contributed by atoms with Gasteiger partial charge in [-0.1, -0.05) is 18.2 Å². The molecule has 0 aliphatic heterocycles. The zero-order valence-corrected chi connectivity index (χ0v) is 12.1. The first-order chi connectivity index (χ1) is 9.06. The number of para-hydroxylation sites is 1. The average molecular weight is 277 g/mol. The van der Waals surface area contributed by atoms with Crippen LogP contribution < -0.4 is 10.6 Å². The first kappa shape index (κ1) is 13.8. The van der Waals surface area contributed by atoms with Gasteiger partial charge in [0.1, 0.15) is 0 Å². The molecule has 19 heavy (non-hydrogen) atoms. The Hall–Kier alpha value is -1.62. The highest BCUT2D eigenvalue weighted by atomic mass is 32.1. The fourth-order valence-electron chi connectivity index (χ4n) is 1.71. The number of rotatable bonds is 4. The second kappa shape index (κ2) is 6.02. The maximum Gasteiger partial charge on any atom is 0.239 e. The standard InChI is InChI=1S/C14H19N3OS/c1-10-5-3-4-6-12(10)16-14(19)17(2)9-13(18)15-11-7-8-11/h3-6,11H,7-9H2,1-2H3,(H,15,18)(H,16,19). The van der Waals surface area contributed by atoms with Crippen LogP contribution in [-0.4, -0.2) is 35.6 Å². The Morgan fingerprint density at radius 1 is 1.42 bits per heavy atom. The molecular weight excluding hydrogens is 258 g/mol. The summed E-state index contributed by atoms with van der Waals surface area (Å²) in [5.41, 5.74) is 2.10. The molecule has 0 unspecified atom stereocenters. The summed E-state index contributed by atoms with van der Waals surface area (Å²) in [7, 11) is 1.82. The fraction of sp³-hybridized carbons (Fsp3) is 0.429. The van der Waals surface area contributed by atoms with E-state index in [0.717, 1.165) is 24.1 Å². The third-order valence-electron chi connectivity index (χ3n) is 3.06. The van der Waals surface area contributed by atoms with E-state index >= 15 is 0 Å². The van der Waals surface area contributed by atoms with Gasteiger partial charge in [0, 0.05) is 18.8 Å². The van der Waals surface area contributed by atoms with Crippen LogP contribution in [0.25, 0.3) is 0 Å². The number of carbonyl (C=O) groups excluding carboxylic acids is 1. The Morgan fingerprint density at radius 2 is 2.11 bits per heavy atom. The lowest BCUT2D eigenvalue weighted by Gasteiger charge is -2.21. The minimum atomic E-state index is 0.0268. The summed E-state index contributed by atoms with van der Waals surface area (Å²) in [5, 5.41) is 6.66. The van der Waals surface area contributed by atoms with E-state index in [1.165, 1.54) is 0 Å². The number of amides is 1. The number of anilines is 1. The van der Waals surface area contributed by atoms with Crippen molar-refractivity contribution in [3.8, 4) is 0 Å². The Labute approximate surface area is 119 Å². The zero-order chi connectivity index (χ0) is 13.8. The van der Waals surface area contributed by atoms with E-state index in [1.54, 1.807) is 4.90 Å². The number of aryl methyl sites for hydroxylation is 1. The maximum atomic E-state index is 11.7. The lowest BCUT2D eigenvalue weighted by atomic mass is 10.2. The molecule has 1 aliphatic rings. The number of nitrogens with one attached hydrogen (secondary N) is 2. The van der Waals surface area contributed by atoms with Crippen molar-refractivity contribution >= 4 is 28.9 Å². The van der Waals surface area contributed by atoms with Crippen molar-refractivity contribution in [1.82, 2.24) is 10.2 Å². The van der Waals surface area contributed by atoms with Gasteiger partial charge in [-0.15, -0.1) is 0 Å². The fourth-order valence-corrected chi connectivity index (χ4v) is 1.89. The van der Waals surface area contributed by atoms with Crippen LogP contribution in [0.5, 0.6) is 0 Å². The van der Waals surface area contributed by atoms with Gasteiger partial charge < -0.3 is 15.5 Å². The van der Waals surface area contributed by atoms with Crippen molar-refractivity contribution in [2.75, 3.05) is 18.9 Å². The Morgan fingerprint density at radius 3 is 2.74 bits per heavy atom. The molecule has 0 saturated heterocycles. The largest absolute Gasteiger partial charge is 0.352 e. The molecule has 0 aromatic heterocycles. The molecule has 5 heteroatoms. The van der Waals surface area contributed by atoms with E-state index in [2.05, 4.69) is 10.6 Å². The van der Waals surface area contributed by atoms with Gasteiger partial charge >= 0.3 is 0 Å². The van der Waals surface area contributed by atoms with Crippen LogP contribution in [0.2, 0.25) is 0 Å². The zero-order valence-electron chi connectivity index (χ0n) is 11.3. The van der Waals surface area contributed by atoms with Crippen molar-refractivity contribution in [2.24, 2.45) is 0 Å². The topological polar surface area (TPSA) is 44.4 Å². The van der Waals surface area contributed by atoms with E-state index in [0.29, 0.717) is 11.2 Å². The highest BCUT2D eigenvalue weighted by Gasteiger charge is 2.23. The van der Waals surface area contributed by atoms with Crippen molar-refractivity contribution in [1.29, 1.82) is 0 Å². The number of carbonyl (C=O) groups is 1. The molecule has 102 valence electrons. The molecule has 0 spiro atoms. The van der Waals surface area contributed by atoms with Gasteiger partial charge in [0.05, 0.1) is 6.54 Å². The molecule has 2 rings (SSSR count). The first-order valence-electron chi connectivity index (χ1n) is 6.43. The quantitative estimate of drug-likeness (QED) is 0.825. The smallest absolute Gasteiger partial charge is 0.239 e. The van der Waals surface area contributed by atoms with Gasteiger partial charge in [-0.05, 0) is 43.6 Å². The van der Waals surface area contributed by atoms with E-state index in [1.807, 2.05) is 38.2 Å². The monoisotopic (exact) mass is 277 g/mol. The van der Waals surface area contributed by atoms with Gasteiger partial charge in [0.25, 0.3) is 0 Å². The summed E-state index contributed by atoms with van der Waals surface area (Å²) in [5.74, 6) is 0.0268. The molecule has 1 aromatic rings. The number of hydrogen-bond acceptors (Lipinski definition) is 2. The van der Waals surface area contributed by atoms with Gasteiger partial charge in [0.15, 0.2) is 5.11 Å². The molecule has 1 amide bonds. The molecule has 4 nitrogen and oxygen atoms in total. The summed E-state index contributed by atoms with van der Waals surface area (Å²) in [4.78, 5) is 13.4. The Balaban J connectivity index is 1.84. The third-order valence-corrected chi connectivity index (χ3v) is 3.47. The Bertz CT molecular complexity index is 485. The maximum absolute atomic E-state index is 11.7. The van der Waals surface area contributed by atoms with Gasteiger partial charge in [-0.2, -0.15) is 0 Å². The van der Waals surface area contributed by atoms with Gasteiger partial charge in [0.2, 0.25) is 5.91 Å². The molecule has 0 heterocycles. The summed E-state index contributed by atoms with van der Waals surface area (Å²) < 4.78 is 0. The number of thiocarbonyl (C=S) groups is 1. The summed E-state index contributed by atoms with van der Waals surface area (Å²) >= 11 is 5.30. The average Bonchev–Trinajstić information content (AvgIpc) is 3.15. The Kier molecular flexibility index (Phi) is 4.37. The predicted molar refractivity (Wildman–Crippen MR) is 81.2 cm³/mol. The second-order valence-corrected chi connectivity index (χ2v) is 5.33. The van der Waals surface area contributed by atoms with Crippen LogP contribution in [-0.2, 0) is 4.79 Å². The first-order valence-corrected chi connectivity index (χ1v) is 6.84. The number of hydrogen-bond donors (Lipinski definition) is 2. The summed E-state index contributed by atoms with van der Waals surface area (Å²) in [6.07, 6.45) is 2.20. The van der Waals surface area contributed by atoms with Crippen molar-refractivity contribution in [3.05, 3.63) is 29.8 Å². The highest BCUT2D eigenvalue weighted by molar-refractivity contribution is 7.80. The van der Waals surface area contributed by atoms with Crippen LogP contribution in [0.1, 0.15) is 18.4 Å². The molecular formula is C14H19N3OS. The lowest BCUT2D eigenvalue weighted by molar-refractivity contribution is -0.121. The van der Waals surface area contributed by atoms with E-state index < -0.39 is 0 Å². The number of benzene rings is 1. The van der Waals surface area contributed by atoms with Crippen molar-refractivity contribution in [2.45, 2.75) is 25.8 Å². The minimum absolute atomic E-state index is 0.0268. The molecule has 1 fully saturated rings. The molecule has 0 atom stereocenters.